The fourth-order valence-electron chi connectivity index (χ4n) is 5.94. The third-order valence-corrected chi connectivity index (χ3v) is 8.82. The molecule has 2 fully saturated rings. The van der Waals surface area contributed by atoms with Crippen LogP contribution < -0.4 is 0 Å². The lowest BCUT2D eigenvalue weighted by Gasteiger charge is -2.51. The van der Waals surface area contributed by atoms with E-state index in [1.54, 1.807) is 21.3 Å². The number of aliphatic hydroxyl groups excluding tert-OH is 1. The third-order valence-electron chi connectivity index (χ3n) is 7.18. The lowest BCUT2D eigenvalue weighted by atomic mass is 9.69. The number of hydrogen-bond donors (Lipinski definition) is 1. The molecule has 1 aromatic carbocycles. The maximum Gasteiger partial charge on any atom is 0.211 e. The second-order valence-corrected chi connectivity index (χ2v) is 11.0. The molecular formula is C19H23ClFN3O3S. The first-order valence-electron chi connectivity index (χ1n) is 9.66. The van der Waals surface area contributed by atoms with Crippen molar-refractivity contribution in [1.29, 1.82) is 0 Å². The van der Waals surface area contributed by atoms with Crippen LogP contribution in [0.4, 0.5) is 4.39 Å². The molecule has 5 atom stereocenters. The number of piperidine rings is 2. The highest BCUT2D eigenvalue weighted by Crippen LogP contribution is 2.55. The zero-order valence-electron chi connectivity index (χ0n) is 15.8. The Morgan fingerprint density at radius 3 is 2.57 bits per heavy atom. The summed E-state index contributed by atoms with van der Waals surface area (Å²) in [7, 11) is -3.29. The van der Waals surface area contributed by atoms with Crippen molar-refractivity contribution in [3.05, 3.63) is 28.7 Å². The van der Waals surface area contributed by atoms with Crippen molar-refractivity contribution in [2.24, 2.45) is 5.92 Å². The Balaban J connectivity index is 1.60. The molecule has 6 nitrogen and oxygen atoms in total. The number of halogens is 2. The van der Waals surface area contributed by atoms with E-state index < -0.39 is 27.5 Å². The van der Waals surface area contributed by atoms with E-state index in [4.69, 9.17) is 11.6 Å². The van der Waals surface area contributed by atoms with Gasteiger partial charge in [0.25, 0.3) is 0 Å². The zero-order valence-corrected chi connectivity index (χ0v) is 17.3. The molecule has 0 radical (unpaired) electrons. The number of aliphatic hydroxyl groups is 1. The van der Waals surface area contributed by atoms with Gasteiger partial charge in [-0.05, 0) is 44.6 Å². The van der Waals surface area contributed by atoms with Gasteiger partial charge in [-0.1, -0.05) is 18.0 Å². The van der Waals surface area contributed by atoms with Crippen LogP contribution in [0.5, 0.6) is 0 Å². The minimum atomic E-state index is -3.29. The Labute approximate surface area is 168 Å². The Kier molecular flexibility index (Phi) is 3.96. The maximum absolute atomic E-state index is 14.8. The third kappa shape index (κ3) is 2.32. The number of rotatable bonds is 2. The number of benzene rings is 1. The van der Waals surface area contributed by atoms with Crippen LogP contribution in [-0.4, -0.2) is 45.9 Å². The minimum absolute atomic E-state index is 0.0193. The summed E-state index contributed by atoms with van der Waals surface area (Å²) >= 11 is 6.05. The van der Waals surface area contributed by atoms with Crippen molar-refractivity contribution in [2.45, 2.75) is 62.8 Å². The predicted molar refractivity (Wildman–Crippen MR) is 104 cm³/mol. The Hall–Kier alpha value is -1.22. The summed E-state index contributed by atoms with van der Waals surface area (Å²) in [4.78, 5) is 0. The summed E-state index contributed by atoms with van der Waals surface area (Å²) in [6.07, 6.45) is 5.73. The molecule has 2 saturated heterocycles. The van der Waals surface area contributed by atoms with Crippen LogP contribution in [0.25, 0.3) is 10.9 Å². The van der Waals surface area contributed by atoms with Gasteiger partial charge in [-0.15, -0.1) is 0 Å². The van der Waals surface area contributed by atoms with Gasteiger partial charge < -0.3 is 5.11 Å². The Morgan fingerprint density at radius 2 is 1.96 bits per heavy atom. The van der Waals surface area contributed by atoms with Crippen molar-refractivity contribution in [3.8, 4) is 0 Å². The molecule has 1 N–H and O–H groups in total. The SMILES string of the molecule is CC1([C@H]2C[C@H]3CCC[C@@H](C2)N3S(C)(=O)=O)C(O)c2c(F)c(Cl)cc3cnn1c23. The molecule has 1 aromatic heterocycles. The van der Waals surface area contributed by atoms with Crippen LogP contribution in [0.1, 0.15) is 50.7 Å². The smallest absolute Gasteiger partial charge is 0.211 e. The summed E-state index contributed by atoms with van der Waals surface area (Å²) in [6, 6.07) is 1.37. The van der Waals surface area contributed by atoms with E-state index in [1.807, 2.05) is 6.92 Å². The molecule has 2 aromatic rings. The highest BCUT2D eigenvalue weighted by molar-refractivity contribution is 7.88. The molecule has 0 aliphatic carbocycles. The molecule has 4 heterocycles. The number of fused-ring (bicyclic) bond motifs is 2. The van der Waals surface area contributed by atoms with Gasteiger partial charge >= 0.3 is 0 Å². The summed E-state index contributed by atoms with van der Waals surface area (Å²) in [5.74, 6) is -0.620. The zero-order chi connectivity index (χ0) is 20.0. The Bertz CT molecular complexity index is 1070. The second-order valence-electron chi connectivity index (χ2n) is 8.71. The summed E-state index contributed by atoms with van der Waals surface area (Å²) in [5.41, 5.74) is -0.0432. The quantitative estimate of drug-likeness (QED) is 0.798. The molecule has 152 valence electrons. The molecular weight excluding hydrogens is 405 g/mol. The van der Waals surface area contributed by atoms with Crippen molar-refractivity contribution in [2.75, 3.05) is 6.26 Å². The van der Waals surface area contributed by atoms with Crippen LogP contribution >= 0.6 is 11.6 Å². The highest BCUT2D eigenvalue weighted by Gasteiger charge is 2.55. The van der Waals surface area contributed by atoms with Gasteiger partial charge in [-0.2, -0.15) is 9.40 Å². The van der Waals surface area contributed by atoms with Crippen LogP contribution in [-0.2, 0) is 15.6 Å². The van der Waals surface area contributed by atoms with E-state index in [1.165, 1.54) is 6.26 Å². The highest BCUT2D eigenvalue weighted by atomic mass is 35.5. The fraction of sp³-hybridized carbons (Fsp3) is 0.632. The molecule has 28 heavy (non-hydrogen) atoms. The van der Waals surface area contributed by atoms with Crippen molar-refractivity contribution < 1.29 is 17.9 Å². The Morgan fingerprint density at radius 1 is 1.32 bits per heavy atom. The van der Waals surface area contributed by atoms with Gasteiger partial charge in [0.05, 0.1) is 28.5 Å². The van der Waals surface area contributed by atoms with E-state index in [2.05, 4.69) is 5.10 Å². The fourth-order valence-corrected chi connectivity index (χ4v) is 7.63. The molecule has 5 rings (SSSR count). The number of sulfonamides is 1. The van der Waals surface area contributed by atoms with Gasteiger partial charge in [-0.25, -0.2) is 12.8 Å². The number of hydrogen-bond acceptors (Lipinski definition) is 4. The summed E-state index contributed by atoms with van der Waals surface area (Å²) in [6.45, 7) is 1.91. The van der Waals surface area contributed by atoms with E-state index in [0.717, 1.165) is 19.3 Å². The van der Waals surface area contributed by atoms with Crippen molar-refractivity contribution in [3.63, 3.8) is 0 Å². The largest absolute Gasteiger partial charge is 0.386 e. The second kappa shape index (κ2) is 5.90. The van der Waals surface area contributed by atoms with Gasteiger partial charge in [0.1, 0.15) is 11.9 Å². The first-order chi connectivity index (χ1) is 13.1. The number of aromatic nitrogens is 2. The van der Waals surface area contributed by atoms with E-state index in [9.17, 15) is 17.9 Å². The van der Waals surface area contributed by atoms with Gasteiger partial charge in [-0.3, -0.25) is 4.68 Å². The topological polar surface area (TPSA) is 75.4 Å². The normalized spacial score (nSPS) is 35.6. The molecule has 9 heteroatoms. The van der Waals surface area contributed by atoms with Crippen LogP contribution in [0.3, 0.4) is 0 Å². The average molecular weight is 428 g/mol. The molecule has 0 amide bonds. The average Bonchev–Trinajstić information content (AvgIpc) is 3.12. The van der Waals surface area contributed by atoms with Crippen molar-refractivity contribution >= 4 is 32.5 Å². The van der Waals surface area contributed by atoms with Gasteiger partial charge in [0.15, 0.2) is 0 Å². The van der Waals surface area contributed by atoms with Crippen LogP contribution in [0.2, 0.25) is 5.02 Å². The van der Waals surface area contributed by atoms with Crippen molar-refractivity contribution in [1.82, 2.24) is 14.1 Å². The molecule has 2 bridgehead atoms. The predicted octanol–water partition coefficient (Wildman–Crippen LogP) is 3.18. The van der Waals surface area contributed by atoms with Crippen LogP contribution in [0, 0.1) is 11.7 Å². The van der Waals surface area contributed by atoms with E-state index >= 15 is 0 Å². The lowest BCUT2D eigenvalue weighted by molar-refractivity contribution is -0.0400. The molecule has 3 aliphatic heterocycles. The first kappa shape index (κ1) is 18.8. The van der Waals surface area contributed by atoms with E-state index in [-0.39, 0.29) is 28.6 Å². The standard InChI is InChI=1S/C19H23ClFN3O3S/c1-19(11-7-12-4-3-5-13(8-11)23(12)28(2,26)27)18(25)15-16(21)14(20)6-10-9-22-24(19)17(10)15/h6,9,11-13,18,25H,3-5,7-8H2,1-2H3/t11-,12+,13-,18?,19?. The molecule has 0 spiro atoms. The van der Waals surface area contributed by atoms with Crippen LogP contribution in [0.15, 0.2) is 12.3 Å². The summed E-state index contributed by atoms with van der Waals surface area (Å²) < 4.78 is 42.9. The summed E-state index contributed by atoms with van der Waals surface area (Å²) in [5, 5.41) is 16.4. The number of nitrogens with zero attached hydrogens (tertiary/aromatic N) is 3. The lowest BCUT2D eigenvalue weighted by Crippen LogP contribution is -2.58. The van der Waals surface area contributed by atoms with E-state index in [0.29, 0.717) is 23.7 Å². The maximum atomic E-state index is 14.8. The first-order valence-corrected chi connectivity index (χ1v) is 11.9. The van der Waals surface area contributed by atoms with Gasteiger partial charge in [0, 0.05) is 23.0 Å². The monoisotopic (exact) mass is 427 g/mol. The molecule has 2 unspecified atom stereocenters. The molecule has 3 aliphatic rings. The minimum Gasteiger partial charge on any atom is -0.386 e. The molecule has 0 saturated carbocycles. The van der Waals surface area contributed by atoms with Gasteiger partial charge in [0.2, 0.25) is 10.0 Å².